The van der Waals surface area contributed by atoms with Gasteiger partial charge in [0.1, 0.15) is 13.2 Å². The van der Waals surface area contributed by atoms with Gasteiger partial charge in [-0.2, -0.15) is 0 Å². The van der Waals surface area contributed by atoms with Crippen LogP contribution in [0.1, 0.15) is 0 Å². The van der Waals surface area contributed by atoms with E-state index < -0.39 is 7.12 Å². The van der Waals surface area contributed by atoms with Crippen LogP contribution in [0.4, 0.5) is 0 Å². The number of benzene rings is 1. The zero-order valence-electron chi connectivity index (χ0n) is 9.50. The molecule has 2 aromatic rings. The Kier molecular flexibility index (Phi) is 2.99. The Hall–Kier alpha value is -1.50. The minimum absolute atomic E-state index is 0.528. The summed E-state index contributed by atoms with van der Waals surface area (Å²) in [7, 11) is -1.42. The highest BCUT2D eigenvalue weighted by molar-refractivity contribution is 7.24. The van der Waals surface area contributed by atoms with Gasteiger partial charge >= 0.3 is 7.12 Å². The predicted molar refractivity (Wildman–Crippen MR) is 70.6 cm³/mol. The van der Waals surface area contributed by atoms with E-state index in [9.17, 15) is 0 Å². The van der Waals surface area contributed by atoms with Gasteiger partial charge < -0.3 is 19.5 Å². The monoisotopic (exact) mass is 262 g/mol. The normalized spacial score (nSPS) is 13.4. The van der Waals surface area contributed by atoms with E-state index >= 15 is 0 Å². The molecule has 4 nitrogen and oxygen atoms in total. The van der Waals surface area contributed by atoms with Gasteiger partial charge in [-0.1, -0.05) is 6.07 Å². The van der Waals surface area contributed by atoms with Gasteiger partial charge in [0.2, 0.25) is 0 Å². The topological polar surface area (TPSA) is 58.9 Å². The van der Waals surface area contributed by atoms with Crippen LogP contribution in [0.3, 0.4) is 0 Å². The smallest absolute Gasteiger partial charge is 0.486 e. The van der Waals surface area contributed by atoms with Crippen LogP contribution in [0.5, 0.6) is 11.5 Å². The molecule has 1 aliphatic rings. The molecule has 0 unspecified atom stereocenters. The molecule has 0 saturated heterocycles. The molecule has 0 radical (unpaired) electrons. The standard InChI is InChI=1S/C12H11BO4S/c14-13(15)12-4-3-11(18-12)8-1-2-9-10(7-8)17-6-5-16-9/h1-4,7,14-15H,5-6H2. The maximum absolute atomic E-state index is 9.10. The highest BCUT2D eigenvalue weighted by Gasteiger charge is 2.16. The maximum atomic E-state index is 9.10. The van der Waals surface area contributed by atoms with Gasteiger partial charge in [0.05, 0.1) is 0 Å². The van der Waals surface area contributed by atoms with Crippen molar-refractivity contribution in [2.24, 2.45) is 0 Å². The first-order valence-electron chi connectivity index (χ1n) is 5.60. The van der Waals surface area contributed by atoms with Crippen molar-refractivity contribution in [3.8, 4) is 21.9 Å². The lowest BCUT2D eigenvalue weighted by Crippen LogP contribution is -2.26. The second-order valence-corrected chi connectivity index (χ2v) is 5.05. The molecule has 0 saturated carbocycles. The minimum Gasteiger partial charge on any atom is -0.486 e. The number of hydrogen-bond donors (Lipinski definition) is 2. The van der Waals surface area contributed by atoms with Crippen molar-refractivity contribution in [3.05, 3.63) is 30.3 Å². The van der Waals surface area contributed by atoms with E-state index in [0.29, 0.717) is 18.0 Å². The first kappa shape index (κ1) is 11.6. The van der Waals surface area contributed by atoms with Crippen LogP contribution in [0.15, 0.2) is 30.3 Å². The first-order valence-corrected chi connectivity index (χ1v) is 6.41. The molecular formula is C12H11BO4S. The van der Waals surface area contributed by atoms with Crippen molar-refractivity contribution in [2.75, 3.05) is 13.2 Å². The van der Waals surface area contributed by atoms with E-state index in [0.717, 1.165) is 21.9 Å². The fraction of sp³-hybridized carbons (Fsp3) is 0.167. The van der Waals surface area contributed by atoms with E-state index in [1.54, 1.807) is 6.07 Å². The number of rotatable bonds is 2. The van der Waals surface area contributed by atoms with Gasteiger partial charge in [-0.05, 0) is 29.8 Å². The van der Waals surface area contributed by atoms with E-state index in [-0.39, 0.29) is 0 Å². The summed E-state index contributed by atoms with van der Waals surface area (Å²) in [6, 6.07) is 9.30. The molecule has 0 amide bonds. The summed E-state index contributed by atoms with van der Waals surface area (Å²) in [5.74, 6) is 1.49. The molecule has 0 atom stereocenters. The molecule has 2 N–H and O–H groups in total. The average molecular weight is 262 g/mol. The summed E-state index contributed by atoms with van der Waals surface area (Å²) in [4.78, 5) is 0.968. The Labute approximate surface area is 109 Å². The molecule has 6 heteroatoms. The highest BCUT2D eigenvalue weighted by Crippen LogP contribution is 2.35. The molecule has 92 valence electrons. The van der Waals surface area contributed by atoms with Gasteiger partial charge in [0.25, 0.3) is 0 Å². The summed E-state index contributed by atoms with van der Waals surface area (Å²) in [6.45, 7) is 1.13. The first-order chi connectivity index (χ1) is 8.74. The van der Waals surface area contributed by atoms with Gasteiger partial charge in [-0.15, -0.1) is 11.3 Å². The third-order valence-electron chi connectivity index (χ3n) is 2.71. The Morgan fingerprint density at radius 1 is 1.00 bits per heavy atom. The van der Waals surface area contributed by atoms with Crippen molar-refractivity contribution < 1.29 is 19.5 Å². The molecule has 0 bridgehead atoms. The molecule has 1 aromatic carbocycles. The zero-order chi connectivity index (χ0) is 12.5. The van der Waals surface area contributed by atoms with Crippen molar-refractivity contribution in [1.82, 2.24) is 0 Å². The molecular weight excluding hydrogens is 251 g/mol. The summed E-state index contributed by atoms with van der Waals surface area (Å²) in [6.07, 6.45) is 0. The summed E-state index contributed by atoms with van der Waals surface area (Å²) < 4.78 is 11.5. The van der Waals surface area contributed by atoms with Gasteiger partial charge in [-0.25, -0.2) is 0 Å². The summed E-state index contributed by atoms with van der Waals surface area (Å²) in [5.41, 5.74) is 0.983. The van der Waals surface area contributed by atoms with Crippen molar-refractivity contribution in [2.45, 2.75) is 0 Å². The van der Waals surface area contributed by atoms with Gasteiger partial charge in [0, 0.05) is 9.65 Å². The van der Waals surface area contributed by atoms with Crippen LogP contribution >= 0.6 is 11.3 Å². The fourth-order valence-electron chi connectivity index (χ4n) is 1.84. The lowest BCUT2D eigenvalue weighted by molar-refractivity contribution is 0.171. The number of hydrogen-bond acceptors (Lipinski definition) is 5. The fourth-order valence-corrected chi connectivity index (χ4v) is 2.72. The predicted octanol–water partition coefficient (Wildman–Crippen LogP) is 0.866. The third-order valence-corrected chi connectivity index (χ3v) is 3.88. The Balaban J connectivity index is 1.95. The molecule has 0 fully saturated rings. The number of ether oxygens (including phenoxy) is 2. The number of thiophene rings is 1. The maximum Gasteiger partial charge on any atom is 0.499 e. The quantitative estimate of drug-likeness (QED) is 0.788. The lowest BCUT2D eigenvalue weighted by Gasteiger charge is -2.18. The molecule has 0 aliphatic carbocycles. The van der Waals surface area contributed by atoms with Crippen LogP contribution in [0.25, 0.3) is 10.4 Å². The molecule has 0 spiro atoms. The third kappa shape index (κ3) is 2.10. The van der Waals surface area contributed by atoms with E-state index in [1.807, 2.05) is 24.3 Å². The van der Waals surface area contributed by atoms with Crippen LogP contribution in [0, 0.1) is 0 Å². The number of fused-ring (bicyclic) bond motifs is 1. The van der Waals surface area contributed by atoms with E-state index in [4.69, 9.17) is 19.5 Å². The average Bonchev–Trinajstić information content (AvgIpc) is 2.88. The van der Waals surface area contributed by atoms with E-state index in [1.165, 1.54) is 11.3 Å². The Morgan fingerprint density at radius 3 is 2.50 bits per heavy atom. The van der Waals surface area contributed by atoms with Crippen LogP contribution < -0.4 is 14.3 Å². The van der Waals surface area contributed by atoms with Crippen LogP contribution in [-0.4, -0.2) is 30.4 Å². The molecule has 1 aliphatic heterocycles. The summed E-state index contributed by atoms with van der Waals surface area (Å²) >= 11 is 1.35. The van der Waals surface area contributed by atoms with Crippen molar-refractivity contribution in [3.63, 3.8) is 0 Å². The van der Waals surface area contributed by atoms with Crippen LogP contribution in [0.2, 0.25) is 0 Å². The second kappa shape index (κ2) is 4.64. The zero-order valence-corrected chi connectivity index (χ0v) is 10.3. The second-order valence-electron chi connectivity index (χ2n) is 3.93. The van der Waals surface area contributed by atoms with E-state index in [2.05, 4.69) is 0 Å². The minimum atomic E-state index is -1.42. The van der Waals surface area contributed by atoms with Crippen molar-refractivity contribution in [1.29, 1.82) is 0 Å². The highest BCUT2D eigenvalue weighted by atomic mass is 32.1. The largest absolute Gasteiger partial charge is 0.499 e. The Morgan fingerprint density at radius 2 is 1.78 bits per heavy atom. The SMILES string of the molecule is OB(O)c1ccc(-c2ccc3c(c2)OCCO3)s1. The molecule has 2 heterocycles. The summed E-state index contributed by atoms with van der Waals surface area (Å²) in [5, 5.41) is 18.2. The van der Waals surface area contributed by atoms with Crippen LogP contribution in [-0.2, 0) is 0 Å². The lowest BCUT2D eigenvalue weighted by atomic mass is 9.90. The molecule has 3 rings (SSSR count). The van der Waals surface area contributed by atoms with Crippen molar-refractivity contribution >= 4 is 23.2 Å². The Bertz CT molecular complexity index is 567. The van der Waals surface area contributed by atoms with Gasteiger partial charge in [-0.3, -0.25) is 0 Å². The molecule has 18 heavy (non-hydrogen) atoms. The molecule has 1 aromatic heterocycles. The van der Waals surface area contributed by atoms with Gasteiger partial charge in [0.15, 0.2) is 11.5 Å².